The van der Waals surface area contributed by atoms with Gasteiger partial charge in [0.2, 0.25) is 0 Å². The van der Waals surface area contributed by atoms with Crippen molar-refractivity contribution < 1.29 is 14.9 Å². The highest BCUT2D eigenvalue weighted by atomic mass is 16.5. The van der Waals surface area contributed by atoms with Crippen LogP contribution in [0.2, 0.25) is 0 Å². The Morgan fingerprint density at radius 2 is 1.41 bits per heavy atom. The number of anilines is 1. The van der Waals surface area contributed by atoms with Gasteiger partial charge in [0, 0.05) is 38.4 Å². The molecule has 5 aromatic rings. The van der Waals surface area contributed by atoms with Gasteiger partial charge in [0.25, 0.3) is 0 Å². The molecule has 5 aromatic carbocycles. The number of benzene rings is 5. The topological polar surface area (TPSA) is 56.2 Å². The van der Waals surface area contributed by atoms with E-state index in [2.05, 4.69) is 71.3 Å². The molecule has 41 heavy (non-hydrogen) atoms. The van der Waals surface area contributed by atoms with E-state index in [9.17, 15) is 10.2 Å². The zero-order valence-electron chi connectivity index (χ0n) is 23.5. The maximum absolute atomic E-state index is 10.0. The standard InChI is InChI=1S/C36H36N2O3/c1-26-2-9-30(10-3-26)38-20-18-37(19-21-38)22-23-41-33-14-4-27(5-15-33)24-36-34(28-6-11-31(39)12-7-28)16-8-29-25-32(40)13-17-35(29)36/h2-17,25,39-40H,18-24H2,1H3. The predicted molar refractivity (Wildman–Crippen MR) is 167 cm³/mol. The van der Waals surface area contributed by atoms with Gasteiger partial charge in [0.1, 0.15) is 23.9 Å². The molecular weight excluding hydrogens is 508 g/mol. The summed E-state index contributed by atoms with van der Waals surface area (Å²) in [6.45, 7) is 7.88. The summed E-state index contributed by atoms with van der Waals surface area (Å²) < 4.78 is 6.12. The molecule has 5 heteroatoms. The minimum absolute atomic E-state index is 0.251. The van der Waals surface area contributed by atoms with Gasteiger partial charge in [0.05, 0.1) is 0 Å². The predicted octanol–water partition coefficient (Wildman–Crippen LogP) is 7.02. The van der Waals surface area contributed by atoms with E-state index < -0.39 is 0 Å². The van der Waals surface area contributed by atoms with Gasteiger partial charge in [-0.3, -0.25) is 4.90 Å². The monoisotopic (exact) mass is 544 g/mol. The lowest BCUT2D eigenvalue weighted by molar-refractivity contribution is 0.200. The van der Waals surface area contributed by atoms with Crippen LogP contribution in [0.5, 0.6) is 17.2 Å². The van der Waals surface area contributed by atoms with E-state index in [0.29, 0.717) is 6.61 Å². The largest absolute Gasteiger partial charge is 0.508 e. The molecular formula is C36H36N2O3. The third kappa shape index (κ3) is 6.31. The Morgan fingerprint density at radius 3 is 2.15 bits per heavy atom. The van der Waals surface area contributed by atoms with E-state index in [1.807, 2.05) is 24.3 Å². The Kier molecular flexibility index (Phi) is 7.79. The molecule has 208 valence electrons. The van der Waals surface area contributed by atoms with Gasteiger partial charge in [-0.05, 0) is 94.9 Å². The number of aromatic hydroxyl groups is 2. The highest BCUT2D eigenvalue weighted by Gasteiger charge is 2.17. The van der Waals surface area contributed by atoms with E-state index >= 15 is 0 Å². The van der Waals surface area contributed by atoms with Crippen molar-refractivity contribution in [3.8, 4) is 28.4 Å². The summed E-state index contributed by atoms with van der Waals surface area (Å²) in [5.74, 6) is 1.39. The Morgan fingerprint density at radius 1 is 0.707 bits per heavy atom. The average molecular weight is 545 g/mol. The molecule has 0 spiro atoms. The number of piperazine rings is 1. The van der Waals surface area contributed by atoms with Crippen LogP contribution < -0.4 is 9.64 Å². The van der Waals surface area contributed by atoms with Crippen molar-refractivity contribution in [3.05, 3.63) is 120 Å². The molecule has 1 saturated heterocycles. The van der Waals surface area contributed by atoms with Crippen LogP contribution in [0.4, 0.5) is 5.69 Å². The van der Waals surface area contributed by atoms with Crippen molar-refractivity contribution in [2.45, 2.75) is 13.3 Å². The van der Waals surface area contributed by atoms with Gasteiger partial charge in [-0.1, -0.05) is 60.2 Å². The third-order valence-corrected chi connectivity index (χ3v) is 8.05. The first-order valence-electron chi connectivity index (χ1n) is 14.3. The van der Waals surface area contributed by atoms with E-state index in [1.165, 1.54) is 22.4 Å². The molecule has 0 amide bonds. The van der Waals surface area contributed by atoms with Crippen LogP contribution in [-0.4, -0.2) is 54.4 Å². The van der Waals surface area contributed by atoms with Crippen molar-refractivity contribution in [2.75, 3.05) is 44.2 Å². The molecule has 0 aliphatic carbocycles. The number of hydrogen-bond acceptors (Lipinski definition) is 5. The maximum atomic E-state index is 10.0. The van der Waals surface area contributed by atoms with Crippen LogP contribution in [0.3, 0.4) is 0 Å². The van der Waals surface area contributed by atoms with Crippen LogP contribution in [0, 0.1) is 6.92 Å². The van der Waals surface area contributed by atoms with Gasteiger partial charge >= 0.3 is 0 Å². The molecule has 6 rings (SSSR count). The quantitative estimate of drug-likeness (QED) is 0.220. The fraction of sp³-hybridized carbons (Fsp3) is 0.222. The lowest BCUT2D eigenvalue weighted by Crippen LogP contribution is -2.47. The summed E-state index contributed by atoms with van der Waals surface area (Å²) in [4.78, 5) is 4.93. The van der Waals surface area contributed by atoms with Crippen LogP contribution in [0.15, 0.2) is 103 Å². The normalized spacial score (nSPS) is 13.9. The van der Waals surface area contributed by atoms with Gasteiger partial charge < -0.3 is 19.8 Å². The fourth-order valence-electron chi connectivity index (χ4n) is 5.67. The first-order chi connectivity index (χ1) is 20.0. The second-order valence-electron chi connectivity index (χ2n) is 10.9. The number of rotatable bonds is 8. The maximum Gasteiger partial charge on any atom is 0.119 e. The molecule has 1 fully saturated rings. The number of phenols is 2. The molecule has 0 bridgehead atoms. The molecule has 0 atom stereocenters. The Hall–Kier alpha value is -4.48. The van der Waals surface area contributed by atoms with E-state index in [4.69, 9.17) is 4.74 Å². The number of ether oxygens (including phenoxy) is 1. The Bertz CT molecular complexity index is 1600. The van der Waals surface area contributed by atoms with Crippen molar-refractivity contribution in [1.29, 1.82) is 0 Å². The van der Waals surface area contributed by atoms with Gasteiger partial charge in [-0.2, -0.15) is 0 Å². The smallest absolute Gasteiger partial charge is 0.119 e. The van der Waals surface area contributed by atoms with Crippen molar-refractivity contribution in [1.82, 2.24) is 4.90 Å². The summed E-state index contributed by atoms with van der Waals surface area (Å²) >= 11 is 0. The molecule has 0 saturated carbocycles. The lowest BCUT2D eigenvalue weighted by atomic mass is 9.90. The Labute approximate surface area is 241 Å². The molecule has 0 radical (unpaired) electrons. The van der Waals surface area contributed by atoms with Gasteiger partial charge in [-0.15, -0.1) is 0 Å². The highest BCUT2D eigenvalue weighted by Crippen LogP contribution is 2.34. The first kappa shape index (κ1) is 26.7. The van der Waals surface area contributed by atoms with Crippen molar-refractivity contribution in [2.24, 2.45) is 0 Å². The van der Waals surface area contributed by atoms with Gasteiger partial charge in [-0.25, -0.2) is 0 Å². The molecule has 5 nitrogen and oxygen atoms in total. The molecule has 2 N–H and O–H groups in total. The average Bonchev–Trinajstić information content (AvgIpc) is 2.99. The lowest BCUT2D eigenvalue weighted by Gasteiger charge is -2.36. The number of aryl methyl sites for hydroxylation is 1. The summed E-state index contributed by atoms with van der Waals surface area (Å²) in [6, 6.07) is 34.2. The second-order valence-corrected chi connectivity index (χ2v) is 10.9. The zero-order chi connectivity index (χ0) is 28.2. The first-order valence-corrected chi connectivity index (χ1v) is 14.3. The molecule has 1 aliphatic heterocycles. The van der Waals surface area contributed by atoms with Crippen LogP contribution in [-0.2, 0) is 6.42 Å². The molecule has 0 aromatic heterocycles. The van der Waals surface area contributed by atoms with E-state index in [1.54, 1.807) is 24.3 Å². The SMILES string of the molecule is Cc1ccc(N2CCN(CCOc3ccc(Cc4c(-c5ccc(O)cc5)ccc5cc(O)ccc45)cc3)CC2)cc1. The molecule has 1 aliphatic rings. The number of phenolic OH excluding ortho intramolecular Hbond substituents is 2. The van der Waals surface area contributed by atoms with Gasteiger partial charge in [0.15, 0.2) is 0 Å². The summed E-state index contributed by atoms with van der Waals surface area (Å²) in [7, 11) is 0. The highest BCUT2D eigenvalue weighted by molar-refractivity contribution is 5.93. The number of fused-ring (bicyclic) bond motifs is 1. The van der Waals surface area contributed by atoms with Crippen LogP contribution >= 0.6 is 0 Å². The van der Waals surface area contributed by atoms with Crippen LogP contribution in [0.1, 0.15) is 16.7 Å². The van der Waals surface area contributed by atoms with E-state index in [-0.39, 0.29) is 11.5 Å². The molecule has 0 unspecified atom stereocenters. The summed E-state index contributed by atoms with van der Waals surface area (Å²) in [5.41, 5.74) is 7.14. The fourth-order valence-corrected chi connectivity index (χ4v) is 5.67. The van der Waals surface area contributed by atoms with Crippen molar-refractivity contribution >= 4 is 16.5 Å². The number of hydrogen-bond donors (Lipinski definition) is 2. The van der Waals surface area contributed by atoms with E-state index in [0.717, 1.165) is 66.8 Å². The summed E-state index contributed by atoms with van der Waals surface area (Å²) in [5, 5.41) is 21.9. The van der Waals surface area contributed by atoms with Crippen LogP contribution in [0.25, 0.3) is 21.9 Å². The minimum Gasteiger partial charge on any atom is -0.508 e. The number of nitrogens with zero attached hydrogens (tertiary/aromatic N) is 2. The third-order valence-electron chi connectivity index (χ3n) is 8.05. The zero-order valence-corrected chi connectivity index (χ0v) is 23.5. The summed E-state index contributed by atoms with van der Waals surface area (Å²) in [6.07, 6.45) is 0.740. The Balaban J connectivity index is 1.08. The molecule has 1 heterocycles. The van der Waals surface area contributed by atoms with Crippen molar-refractivity contribution in [3.63, 3.8) is 0 Å². The minimum atomic E-state index is 0.251. The second kappa shape index (κ2) is 11.9.